The van der Waals surface area contributed by atoms with Crippen LogP contribution in [0.5, 0.6) is 0 Å². The number of aromatic nitrogens is 3. The molecule has 28 heavy (non-hydrogen) atoms. The van der Waals surface area contributed by atoms with Crippen LogP contribution in [0.3, 0.4) is 0 Å². The molecule has 0 N–H and O–H groups in total. The van der Waals surface area contributed by atoms with Crippen LogP contribution in [-0.2, 0) is 20.7 Å². The van der Waals surface area contributed by atoms with Gasteiger partial charge in [0.05, 0.1) is 12.6 Å². The zero-order valence-corrected chi connectivity index (χ0v) is 16.9. The number of carbonyl (C=O) groups excluding carboxylic acids is 2. The Labute approximate surface area is 164 Å². The van der Waals surface area contributed by atoms with Gasteiger partial charge in [-0.25, -0.2) is 9.50 Å². The van der Waals surface area contributed by atoms with Gasteiger partial charge in [-0.05, 0) is 44.4 Å². The molecule has 1 aromatic carbocycles. The van der Waals surface area contributed by atoms with E-state index >= 15 is 0 Å². The third kappa shape index (κ3) is 3.98. The summed E-state index contributed by atoms with van der Waals surface area (Å²) in [5.41, 5.74) is 4.75. The van der Waals surface area contributed by atoms with Crippen molar-refractivity contribution in [2.24, 2.45) is 0 Å². The number of carbonyl (C=O) groups is 2. The maximum absolute atomic E-state index is 12.5. The first-order valence-corrected chi connectivity index (χ1v) is 9.46. The molecule has 2 aromatic heterocycles. The Hall–Kier alpha value is -2.96. The van der Waals surface area contributed by atoms with Gasteiger partial charge in [-0.1, -0.05) is 12.1 Å². The minimum absolute atomic E-state index is 0.0504. The summed E-state index contributed by atoms with van der Waals surface area (Å²) in [6, 6.07) is 7.95. The molecular formula is C21H26N4O3. The molecule has 0 aliphatic heterocycles. The van der Waals surface area contributed by atoms with Gasteiger partial charge in [0, 0.05) is 43.2 Å². The molecular weight excluding hydrogens is 356 g/mol. The fourth-order valence-electron chi connectivity index (χ4n) is 3.45. The quantitative estimate of drug-likeness (QED) is 0.587. The van der Waals surface area contributed by atoms with Gasteiger partial charge >= 0.3 is 5.97 Å². The van der Waals surface area contributed by atoms with Gasteiger partial charge in [-0.3, -0.25) is 9.59 Å². The van der Waals surface area contributed by atoms with Gasteiger partial charge in [0.2, 0.25) is 5.91 Å². The third-order valence-corrected chi connectivity index (χ3v) is 5.13. The molecule has 0 atom stereocenters. The molecule has 0 saturated heterocycles. The molecule has 7 heteroatoms. The maximum atomic E-state index is 12.5. The van der Waals surface area contributed by atoms with Gasteiger partial charge < -0.3 is 9.64 Å². The van der Waals surface area contributed by atoms with Gasteiger partial charge in [0.25, 0.3) is 0 Å². The van der Waals surface area contributed by atoms with E-state index in [1.54, 1.807) is 11.9 Å². The summed E-state index contributed by atoms with van der Waals surface area (Å²) in [5.74, 6) is -0.201. The summed E-state index contributed by atoms with van der Waals surface area (Å²) in [7, 11) is 3.14. The Morgan fingerprint density at radius 2 is 1.93 bits per heavy atom. The molecule has 3 rings (SSSR count). The Morgan fingerprint density at radius 3 is 2.68 bits per heavy atom. The summed E-state index contributed by atoms with van der Waals surface area (Å²) in [6.45, 7) is 4.54. The van der Waals surface area contributed by atoms with Crippen LogP contribution in [0.2, 0.25) is 0 Å². The minimum atomic E-state index is -0.252. The molecule has 0 aliphatic carbocycles. The van der Waals surface area contributed by atoms with Crippen molar-refractivity contribution >= 4 is 28.4 Å². The summed E-state index contributed by atoms with van der Waals surface area (Å²) >= 11 is 0. The highest BCUT2D eigenvalue weighted by atomic mass is 16.5. The first kappa shape index (κ1) is 19.8. The Kier molecular flexibility index (Phi) is 5.92. The van der Waals surface area contributed by atoms with E-state index in [1.165, 1.54) is 7.11 Å². The smallest absolute Gasteiger partial charge is 0.305 e. The van der Waals surface area contributed by atoms with Crippen LogP contribution in [-0.4, -0.2) is 52.1 Å². The molecule has 0 fully saturated rings. The van der Waals surface area contributed by atoms with Crippen LogP contribution < -0.4 is 0 Å². The predicted molar refractivity (Wildman–Crippen MR) is 107 cm³/mol. The van der Waals surface area contributed by atoms with Gasteiger partial charge in [-0.2, -0.15) is 5.10 Å². The number of esters is 1. The lowest BCUT2D eigenvalue weighted by Crippen LogP contribution is -2.28. The molecule has 1 amide bonds. The Morgan fingerprint density at radius 1 is 1.18 bits per heavy atom. The molecule has 0 spiro atoms. The molecule has 7 nitrogen and oxygen atoms in total. The Balaban J connectivity index is 1.71. The van der Waals surface area contributed by atoms with E-state index in [-0.39, 0.29) is 11.9 Å². The summed E-state index contributed by atoms with van der Waals surface area (Å²) in [5, 5.41) is 5.69. The lowest BCUT2D eigenvalue weighted by Gasteiger charge is -2.17. The second kappa shape index (κ2) is 8.37. The highest BCUT2D eigenvalue weighted by Gasteiger charge is 2.16. The van der Waals surface area contributed by atoms with Crippen molar-refractivity contribution in [2.45, 2.75) is 39.5 Å². The number of amides is 1. The topological polar surface area (TPSA) is 76.8 Å². The molecule has 3 aromatic rings. The predicted octanol–water partition coefficient (Wildman–Crippen LogP) is 2.84. The van der Waals surface area contributed by atoms with Crippen molar-refractivity contribution in [3.63, 3.8) is 0 Å². The average Bonchev–Trinajstić information content (AvgIpc) is 3.06. The van der Waals surface area contributed by atoms with Crippen LogP contribution in [0.15, 0.2) is 24.3 Å². The molecule has 0 aliphatic rings. The zero-order chi connectivity index (χ0) is 20.3. The van der Waals surface area contributed by atoms with Crippen molar-refractivity contribution < 1.29 is 14.3 Å². The fraction of sp³-hybridized carbons (Fsp3) is 0.429. The van der Waals surface area contributed by atoms with Crippen molar-refractivity contribution in [3.8, 4) is 0 Å². The van der Waals surface area contributed by atoms with Gasteiger partial charge in [0.1, 0.15) is 0 Å². The lowest BCUT2D eigenvalue weighted by atomic mass is 10.1. The standard InChI is InChI=1S/C21H26N4O3/c1-14-16(11-12-19(26)24(3)13-7-10-20(27)28-4)15(2)25-21(22-14)17-8-5-6-9-18(17)23-25/h5-6,8-9H,7,10-13H2,1-4H3. The van der Waals surface area contributed by atoms with Crippen molar-refractivity contribution in [1.82, 2.24) is 19.5 Å². The SMILES string of the molecule is COC(=O)CCCN(C)C(=O)CCc1c(C)nc2c3ccccc3nn2c1C. The number of ether oxygens (including phenoxy) is 1. The second-order valence-electron chi connectivity index (χ2n) is 7.01. The van der Waals surface area contributed by atoms with Crippen molar-refractivity contribution in [2.75, 3.05) is 20.7 Å². The van der Waals surface area contributed by atoms with Crippen molar-refractivity contribution in [3.05, 3.63) is 41.2 Å². The zero-order valence-electron chi connectivity index (χ0n) is 16.9. The van der Waals surface area contributed by atoms with Crippen LogP contribution in [0.4, 0.5) is 0 Å². The fourth-order valence-corrected chi connectivity index (χ4v) is 3.45. The van der Waals surface area contributed by atoms with E-state index in [1.807, 2.05) is 42.6 Å². The van der Waals surface area contributed by atoms with Crippen LogP contribution >= 0.6 is 0 Å². The van der Waals surface area contributed by atoms with E-state index in [4.69, 9.17) is 4.98 Å². The molecule has 2 heterocycles. The van der Waals surface area contributed by atoms with Crippen LogP contribution in [0, 0.1) is 13.8 Å². The van der Waals surface area contributed by atoms with E-state index in [0.717, 1.165) is 33.5 Å². The summed E-state index contributed by atoms with van der Waals surface area (Å²) in [6.07, 6.45) is 1.92. The maximum Gasteiger partial charge on any atom is 0.305 e. The largest absolute Gasteiger partial charge is 0.469 e. The summed E-state index contributed by atoms with van der Waals surface area (Å²) < 4.78 is 6.50. The Bertz CT molecular complexity index is 1030. The van der Waals surface area contributed by atoms with E-state index in [9.17, 15) is 9.59 Å². The minimum Gasteiger partial charge on any atom is -0.469 e. The number of hydrogen-bond acceptors (Lipinski definition) is 5. The number of hydrogen-bond donors (Lipinski definition) is 0. The number of methoxy groups -OCH3 is 1. The molecule has 148 valence electrons. The number of aryl methyl sites for hydroxylation is 2. The number of rotatable bonds is 7. The van der Waals surface area contributed by atoms with Gasteiger partial charge in [-0.15, -0.1) is 0 Å². The highest BCUT2D eigenvalue weighted by molar-refractivity contribution is 5.92. The summed E-state index contributed by atoms with van der Waals surface area (Å²) in [4.78, 5) is 30.1. The first-order valence-electron chi connectivity index (χ1n) is 9.46. The monoisotopic (exact) mass is 382 g/mol. The highest BCUT2D eigenvalue weighted by Crippen LogP contribution is 2.23. The molecule has 0 radical (unpaired) electrons. The van der Waals surface area contributed by atoms with Crippen LogP contribution in [0.1, 0.15) is 36.2 Å². The van der Waals surface area contributed by atoms with E-state index < -0.39 is 0 Å². The first-order chi connectivity index (χ1) is 13.4. The number of nitrogens with zero attached hydrogens (tertiary/aromatic N) is 4. The molecule has 0 bridgehead atoms. The number of benzene rings is 1. The van der Waals surface area contributed by atoms with E-state index in [0.29, 0.717) is 32.2 Å². The van der Waals surface area contributed by atoms with Crippen molar-refractivity contribution in [1.29, 1.82) is 0 Å². The normalized spacial score (nSPS) is 11.1. The van der Waals surface area contributed by atoms with Gasteiger partial charge in [0.15, 0.2) is 5.65 Å². The lowest BCUT2D eigenvalue weighted by molar-refractivity contribution is -0.141. The molecule has 0 unspecified atom stereocenters. The second-order valence-corrected chi connectivity index (χ2v) is 7.01. The van der Waals surface area contributed by atoms with Crippen LogP contribution in [0.25, 0.3) is 16.6 Å². The average molecular weight is 382 g/mol. The molecule has 0 saturated carbocycles. The third-order valence-electron chi connectivity index (χ3n) is 5.13. The van der Waals surface area contributed by atoms with E-state index in [2.05, 4.69) is 9.84 Å². The number of fused-ring (bicyclic) bond motifs is 3.